The van der Waals surface area contributed by atoms with Crippen molar-refractivity contribution in [2.45, 2.75) is 13.1 Å². The van der Waals surface area contributed by atoms with Gasteiger partial charge in [0.1, 0.15) is 11.6 Å². The monoisotopic (exact) mass is 311 g/mol. The van der Waals surface area contributed by atoms with Gasteiger partial charge in [-0.25, -0.2) is 8.78 Å². The molecule has 0 aliphatic rings. The second kappa shape index (κ2) is 6.07. The Morgan fingerprint density at radius 1 is 0.889 bits per heavy atom. The molecule has 0 radical (unpaired) electrons. The third-order valence-electron chi connectivity index (χ3n) is 2.64. The molecule has 1 N–H and O–H groups in total. The van der Waals surface area contributed by atoms with E-state index in [0.717, 1.165) is 10.0 Å². The largest absolute Gasteiger partial charge is 0.308 e. The molecule has 0 fully saturated rings. The first-order chi connectivity index (χ1) is 8.68. The number of nitrogens with one attached hydrogen (secondary N) is 1. The highest BCUT2D eigenvalue weighted by Crippen LogP contribution is 2.16. The van der Waals surface area contributed by atoms with E-state index in [9.17, 15) is 8.78 Å². The van der Waals surface area contributed by atoms with Crippen LogP contribution in [0.4, 0.5) is 8.78 Å². The van der Waals surface area contributed by atoms with Gasteiger partial charge in [-0.05, 0) is 23.8 Å². The van der Waals surface area contributed by atoms with Gasteiger partial charge < -0.3 is 5.32 Å². The molecule has 1 nitrogen and oxygen atoms in total. The molecule has 0 amide bonds. The summed E-state index contributed by atoms with van der Waals surface area (Å²) >= 11 is 3.42. The van der Waals surface area contributed by atoms with Gasteiger partial charge in [-0.2, -0.15) is 0 Å². The lowest BCUT2D eigenvalue weighted by Crippen LogP contribution is -2.15. The first kappa shape index (κ1) is 13.2. The Hall–Kier alpha value is -1.26. The van der Waals surface area contributed by atoms with Crippen molar-refractivity contribution in [3.05, 3.63) is 69.7 Å². The summed E-state index contributed by atoms with van der Waals surface area (Å²) in [4.78, 5) is 0. The maximum absolute atomic E-state index is 13.4. The topological polar surface area (TPSA) is 12.0 Å². The Morgan fingerprint density at radius 3 is 2.22 bits per heavy atom. The molecule has 0 unspecified atom stereocenters. The molecule has 18 heavy (non-hydrogen) atoms. The first-order valence-electron chi connectivity index (χ1n) is 5.55. The molecule has 0 heterocycles. The summed E-state index contributed by atoms with van der Waals surface area (Å²) in [7, 11) is 0. The van der Waals surface area contributed by atoms with E-state index in [-0.39, 0.29) is 12.1 Å². The van der Waals surface area contributed by atoms with Gasteiger partial charge in [0.05, 0.1) is 0 Å². The van der Waals surface area contributed by atoms with Gasteiger partial charge in [-0.15, -0.1) is 0 Å². The summed E-state index contributed by atoms with van der Waals surface area (Å²) in [5.41, 5.74) is 1.12. The van der Waals surface area contributed by atoms with E-state index in [1.54, 1.807) is 0 Å². The average Bonchev–Trinajstić information content (AvgIpc) is 2.35. The molecule has 0 aromatic heterocycles. The second-order valence-corrected chi connectivity index (χ2v) is 4.75. The van der Waals surface area contributed by atoms with Crippen LogP contribution in [0.2, 0.25) is 0 Å². The van der Waals surface area contributed by atoms with Gasteiger partial charge in [-0.3, -0.25) is 0 Å². The Kier molecular flexibility index (Phi) is 4.44. The van der Waals surface area contributed by atoms with Crippen molar-refractivity contribution in [2.75, 3.05) is 0 Å². The van der Waals surface area contributed by atoms with E-state index in [1.807, 2.05) is 24.3 Å². The Morgan fingerprint density at radius 2 is 1.56 bits per heavy atom. The maximum Gasteiger partial charge on any atom is 0.130 e. The minimum atomic E-state index is -0.519. The molecule has 4 heteroatoms. The Bertz CT molecular complexity index is 523. The zero-order valence-electron chi connectivity index (χ0n) is 9.59. The first-order valence-corrected chi connectivity index (χ1v) is 6.35. The summed E-state index contributed by atoms with van der Waals surface area (Å²) < 4.78 is 27.7. The van der Waals surface area contributed by atoms with Crippen LogP contribution < -0.4 is 5.32 Å². The van der Waals surface area contributed by atoms with Crippen molar-refractivity contribution in [1.29, 1.82) is 0 Å². The van der Waals surface area contributed by atoms with E-state index < -0.39 is 11.6 Å². The van der Waals surface area contributed by atoms with Crippen LogP contribution in [0, 0.1) is 11.6 Å². The van der Waals surface area contributed by atoms with E-state index in [2.05, 4.69) is 21.2 Å². The normalized spacial score (nSPS) is 10.6. The van der Waals surface area contributed by atoms with Gasteiger partial charge in [0.15, 0.2) is 0 Å². The molecule has 94 valence electrons. The van der Waals surface area contributed by atoms with Gasteiger partial charge >= 0.3 is 0 Å². The quantitative estimate of drug-likeness (QED) is 0.899. The number of hydrogen-bond acceptors (Lipinski definition) is 1. The van der Waals surface area contributed by atoms with Crippen LogP contribution in [0.15, 0.2) is 46.9 Å². The summed E-state index contributed by atoms with van der Waals surface area (Å²) in [5, 5.41) is 3.03. The number of benzene rings is 2. The van der Waals surface area contributed by atoms with Gasteiger partial charge in [0.25, 0.3) is 0 Å². The van der Waals surface area contributed by atoms with E-state index in [0.29, 0.717) is 6.54 Å². The van der Waals surface area contributed by atoms with Crippen LogP contribution in [0.1, 0.15) is 11.1 Å². The molecular weight excluding hydrogens is 300 g/mol. The molecule has 0 saturated carbocycles. The SMILES string of the molecule is Fc1cccc(F)c1CNCc1ccccc1Br. The lowest BCUT2D eigenvalue weighted by Gasteiger charge is -2.08. The molecule has 0 spiro atoms. The lowest BCUT2D eigenvalue weighted by atomic mass is 10.2. The Balaban J connectivity index is 1.99. The van der Waals surface area contributed by atoms with Crippen LogP contribution >= 0.6 is 15.9 Å². The van der Waals surface area contributed by atoms with Crippen LogP contribution in [-0.2, 0) is 13.1 Å². The fourth-order valence-electron chi connectivity index (χ4n) is 1.67. The number of halogens is 3. The minimum absolute atomic E-state index is 0.0737. The third kappa shape index (κ3) is 3.15. The van der Waals surface area contributed by atoms with Crippen molar-refractivity contribution in [3.8, 4) is 0 Å². The zero-order chi connectivity index (χ0) is 13.0. The average molecular weight is 312 g/mol. The molecule has 2 aromatic rings. The summed E-state index contributed by atoms with van der Waals surface area (Å²) in [6.45, 7) is 0.717. The lowest BCUT2D eigenvalue weighted by molar-refractivity contribution is 0.535. The fraction of sp³-hybridized carbons (Fsp3) is 0.143. The van der Waals surface area contributed by atoms with E-state index in [1.165, 1.54) is 18.2 Å². The molecule has 2 rings (SSSR count). The van der Waals surface area contributed by atoms with Gasteiger partial charge in [0, 0.05) is 23.1 Å². The van der Waals surface area contributed by atoms with Crippen molar-refractivity contribution < 1.29 is 8.78 Å². The molecule has 0 aliphatic heterocycles. The van der Waals surface area contributed by atoms with Crippen LogP contribution in [0.3, 0.4) is 0 Å². The van der Waals surface area contributed by atoms with Gasteiger partial charge in [-0.1, -0.05) is 40.2 Å². The molecule has 0 bridgehead atoms. The standard InChI is InChI=1S/C14H12BrF2N/c15-12-5-2-1-4-10(12)8-18-9-11-13(16)6-3-7-14(11)17/h1-7,18H,8-9H2. The van der Waals surface area contributed by atoms with Crippen molar-refractivity contribution in [2.24, 2.45) is 0 Å². The molecular formula is C14H12BrF2N. The highest BCUT2D eigenvalue weighted by atomic mass is 79.9. The van der Waals surface area contributed by atoms with Gasteiger partial charge in [0.2, 0.25) is 0 Å². The van der Waals surface area contributed by atoms with E-state index >= 15 is 0 Å². The van der Waals surface area contributed by atoms with Crippen LogP contribution in [-0.4, -0.2) is 0 Å². The highest BCUT2D eigenvalue weighted by Gasteiger charge is 2.07. The predicted molar refractivity (Wildman–Crippen MR) is 71.0 cm³/mol. The van der Waals surface area contributed by atoms with Crippen molar-refractivity contribution in [1.82, 2.24) is 5.32 Å². The number of hydrogen-bond donors (Lipinski definition) is 1. The molecule has 0 aliphatic carbocycles. The minimum Gasteiger partial charge on any atom is -0.308 e. The summed E-state index contributed by atoms with van der Waals surface area (Å²) in [5.74, 6) is -1.04. The van der Waals surface area contributed by atoms with E-state index in [4.69, 9.17) is 0 Å². The summed E-state index contributed by atoms with van der Waals surface area (Å²) in [6, 6.07) is 11.6. The maximum atomic E-state index is 13.4. The molecule has 2 aromatic carbocycles. The number of rotatable bonds is 4. The third-order valence-corrected chi connectivity index (χ3v) is 3.41. The fourth-order valence-corrected chi connectivity index (χ4v) is 2.09. The highest BCUT2D eigenvalue weighted by molar-refractivity contribution is 9.10. The predicted octanol–water partition coefficient (Wildman–Crippen LogP) is 4.02. The van der Waals surface area contributed by atoms with Crippen molar-refractivity contribution >= 4 is 15.9 Å². The Labute approximate surface area is 113 Å². The summed E-state index contributed by atoms with van der Waals surface area (Å²) in [6.07, 6.45) is 0. The molecule has 0 atom stereocenters. The second-order valence-electron chi connectivity index (χ2n) is 3.90. The zero-order valence-corrected chi connectivity index (χ0v) is 11.2. The van der Waals surface area contributed by atoms with Crippen LogP contribution in [0.5, 0.6) is 0 Å². The molecule has 0 saturated heterocycles. The van der Waals surface area contributed by atoms with Crippen molar-refractivity contribution in [3.63, 3.8) is 0 Å². The van der Waals surface area contributed by atoms with Crippen LogP contribution in [0.25, 0.3) is 0 Å². The smallest absolute Gasteiger partial charge is 0.130 e.